The molecule has 3 aromatic rings. The standard InChI is InChI=1S/C18H19N5O2/c19-14-6-3-7-15-13(14)5-4-11-21(15)17(24)9-12-23-18(25)22-10-2-1-8-16(22)20-23/h1-3,6-8,10H,4-5,9,11-12,19H2. The van der Waals surface area contributed by atoms with Crippen molar-refractivity contribution in [1.82, 2.24) is 14.2 Å². The molecule has 0 atom stereocenters. The summed E-state index contributed by atoms with van der Waals surface area (Å²) in [5.74, 6) is -0.0180. The Labute approximate surface area is 144 Å². The summed E-state index contributed by atoms with van der Waals surface area (Å²) in [7, 11) is 0. The Kier molecular flexibility index (Phi) is 3.76. The van der Waals surface area contributed by atoms with Crippen molar-refractivity contribution in [2.75, 3.05) is 17.2 Å². The molecule has 0 fully saturated rings. The second-order valence-corrected chi connectivity index (χ2v) is 6.18. The first-order chi connectivity index (χ1) is 12.1. The Bertz CT molecular complexity index is 1000. The number of aryl methyl sites for hydroxylation is 1. The van der Waals surface area contributed by atoms with Crippen LogP contribution < -0.4 is 16.3 Å². The van der Waals surface area contributed by atoms with Crippen molar-refractivity contribution in [2.24, 2.45) is 0 Å². The van der Waals surface area contributed by atoms with E-state index in [4.69, 9.17) is 5.73 Å². The predicted octanol–water partition coefficient (Wildman–Crippen LogP) is 1.45. The number of benzene rings is 1. The average Bonchev–Trinajstić information content (AvgIpc) is 2.96. The van der Waals surface area contributed by atoms with E-state index in [9.17, 15) is 9.59 Å². The van der Waals surface area contributed by atoms with Crippen molar-refractivity contribution in [1.29, 1.82) is 0 Å². The molecule has 1 aliphatic heterocycles. The Morgan fingerprint density at radius 2 is 2.08 bits per heavy atom. The molecular weight excluding hydrogens is 318 g/mol. The molecule has 0 unspecified atom stereocenters. The van der Waals surface area contributed by atoms with Gasteiger partial charge < -0.3 is 10.6 Å². The third-order valence-corrected chi connectivity index (χ3v) is 4.61. The van der Waals surface area contributed by atoms with Gasteiger partial charge in [0.2, 0.25) is 5.91 Å². The molecule has 2 N–H and O–H groups in total. The van der Waals surface area contributed by atoms with Crippen LogP contribution in [0.4, 0.5) is 11.4 Å². The summed E-state index contributed by atoms with van der Waals surface area (Å²) in [6.07, 6.45) is 3.67. The van der Waals surface area contributed by atoms with E-state index < -0.39 is 0 Å². The van der Waals surface area contributed by atoms with Gasteiger partial charge in [-0.3, -0.25) is 9.20 Å². The zero-order valence-electron chi connectivity index (χ0n) is 13.8. The van der Waals surface area contributed by atoms with Crippen molar-refractivity contribution < 1.29 is 4.79 Å². The lowest BCUT2D eigenvalue weighted by Gasteiger charge is -2.30. The second kappa shape index (κ2) is 6.08. The van der Waals surface area contributed by atoms with Crippen molar-refractivity contribution in [3.8, 4) is 0 Å². The van der Waals surface area contributed by atoms with Gasteiger partial charge >= 0.3 is 5.69 Å². The van der Waals surface area contributed by atoms with E-state index in [1.54, 1.807) is 23.2 Å². The highest BCUT2D eigenvalue weighted by Gasteiger charge is 2.23. The first kappa shape index (κ1) is 15.4. The van der Waals surface area contributed by atoms with Gasteiger partial charge in [-0.15, -0.1) is 5.10 Å². The summed E-state index contributed by atoms with van der Waals surface area (Å²) < 4.78 is 2.82. The minimum Gasteiger partial charge on any atom is -0.398 e. The van der Waals surface area contributed by atoms with Gasteiger partial charge in [0.1, 0.15) is 0 Å². The molecule has 3 heterocycles. The summed E-state index contributed by atoms with van der Waals surface area (Å²) in [5.41, 5.74) is 9.04. The molecule has 0 saturated carbocycles. The zero-order chi connectivity index (χ0) is 17.4. The van der Waals surface area contributed by atoms with Crippen LogP contribution in [0.5, 0.6) is 0 Å². The molecule has 1 aromatic carbocycles. The van der Waals surface area contributed by atoms with Gasteiger partial charge in [0.15, 0.2) is 5.65 Å². The minimum absolute atomic E-state index is 0.0180. The van der Waals surface area contributed by atoms with E-state index in [0.29, 0.717) is 12.2 Å². The first-order valence-corrected chi connectivity index (χ1v) is 8.37. The van der Waals surface area contributed by atoms with Crippen LogP contribution in [0, 0.1) is 0 Å². The van der Waals surface area contributed by atoms with E-state index in [-0.39, 0.29) is 24.6 Å². The van der Waals surface area contributed by atoms with E-state index >= 15 is 0 Å². The Balaban J connectivity index is 1.54. The maximum absolute atomic E-state index is 12.7. The van der Waals surface area contributed by atoms with Crippen LogP contribution in [0.25, 0.3) is 5.65 Å². The first-order valence-electron chi connectivity index (χ1n) is 8.37. The van der Waals surface area contributed by atoms with Gasteiger partial charge in [0.25, 0.3) is 0 Å². The Morgan fingerprint density at radius 3 is 2.92 bits per heavy atom. The van der Waals surface area contributed by atoms with E-state index in [2.05, 4.69) is 5.10 Å². The Morgan fingerprint density at radius 1 is 1.20 bits per heavy atom. The summed E-state index contributed by atoms with van der Waals surface area (Å²) in [5, 5.41) is 4.26. The van der Waals surface area contributed by atoms with Crippen molar-refractivity contribution >= 4 is 22.9 Å². The number of hydrogen-bond donors (Lipinski definition) is 1. The lowest BCUT2D eigenvalue weighted by atomic mass is 9.99. The molecule has 7 heteroatoms. The normalized spacial score (nSPS) is 13.8. The van der Waals surface area contributed by atoms with Gasteiger partial charge in [0, 0.05) is 30.5 Å². The highest BCUT2D eigenvalue weighted by Crippen LogP contribution is 2.31. The monoisotopic (exact) mass is 337 g/mol. The molecule has 2 aromatic heterocycles. The molecule has 1 amide bonds. The zero-order valence-corrected chi connectivity index (χ0v) is 13.8. The number of anilines is 2. The smallest absolute Gasteiger partial charge is 0.350 e. The molecule has 0 saturated heterocycles. The van der Waals surface area contributed by atoms with Gasteiger partial charge in [0.05, 0.1) is 6.54 Å². The Hall–Kier alpha value is -3.09. The van der Waals surface area contributed by atoms with Crippen molar-refractivity contribution in [3.63, 3.8) is 0 Å². The average molecular weight is 337 g/mol. The maximum Gasteiger partial charge on any atom is 0.350 e. The number of fused-ring (bicyclic) bond motifs is 2. The van der Waals surface area contributed by atoms with Crippen LogP contribution in [0.1, 0.15) is 18.4 Å². The minimum atomic E-state index is -0.230. The summed E-state index contributed by atoms with van der Waals surface area (Å²) in [6, 6.07) is 11.0. The fraction of sp³-hybridized carbons (Fsp3) is 0.278. The van der Waals surface area contributed by atoms with Crippen LogP contribution in [-0.4, -0.2) is 26.6 Å². The summed E-state index contributed by atoms with van der Waals surface area (Å²) in [4.78, 5) is 26.8. The number of carbonyl (C=O) groups is 1. The van der Waals surface area contributed by atoms with Crippen LogP contribution in [-0.2, 0) is 17.8 Å². The highest BCUT2D eigenvalue weighted by molar-refractivity contribution is 5.95. The number of pyridine rings is 1. The fourth-order valence-corrected chi connectivity index (χ4v) is 3.36. The van der Waals surface area contributed by atoms with Gasteiger partial charge in [-0.2, -0.15) is 0 Å². The van der Waals surface area contributed by atoms with E-state index in [1.165, 1.54) is 9.08 Å². The third kappa shape index (κ3) is 2.67. The van der Waals surface area contributed by atoms with Crippen LogP contribution in [0.2, 0.25) is 0 Å². The number of nitrogen functional groups attached to an aromatic ring is 1. The number of nitrogens with zero attached hydrogens (tertiary/aromatic N) is 4. The number of amides is 1. The third-order valence-electron chi connectivity index (χ3n) is 4.61. The quantitative estimate of drug-likeness (QED) is 0.733. The number of hydrogen-bond acceptors (Lipinski definition) is 4. The predicted molar refractivity (Wildman–Crippen MR) is 95.6 cm³/mol. The van der Waals surface area contributed by atoms with Crippen LogP contribution >= 0.6 is 0 Å². The topological polar surface area (TPSA) is 85.6 Å². The molecule has 0 spiro atoms. The van der Waals surface area contributed by atoms with E-state index in [1.807, 2.05) is 24.3 Å². The fourth-order valence-electron chi connectivity index (χ4n) is 3.36. The van der Waals surface area contributed by atoms with Crippen LogP contribution in [0.15, 0.2) is 47.4 Å². The molecular formula is C18H19N5O2. The van der Waals surface area contributed by atoms with Crippen molar-refractivity contribution in [2.45, 2.75) is 25.8 Å². The number of carbonyl (C=O) groups excluding carboxylic acids is 1. The summed E-state index contributed by atoms with van der Waals surface area (Å²) >= 11 is 0. The van der Waals surface area contributed by atoms with Crippen LogP contribution in [0.3, 0.4) is 0 Å². The number of rotatable bonds is 3. The lowest BCUT2D eigenvalue weighted by molar-refractivity contribution is -0.119. The molecule has 4 rings (SSSR count). The van der Waals surface area contributed by atoms with Crippen molar-refractivity contribution in [3.05, 3.63) is 58.6 Å². The number of nitrogens with two attached hydrogens (primary N) is 1. The lowest BCUT2D eigenvalue weighted by Crippen LogP contribution is -2.36. The van der Waals surface area contributed by atoms with Gasteiger partial charge in [-0.25, -0.2) is 9.48 Å². The SMILES string of the molecule is Nc1cccc2c1CCCN2C(=O)CCn1nc2ccccn2c1=O. The molecule has 1 aliphatic rings. The highest BCUT2D eigenvalue weighted by atomic mass is 16.2. The largest absolute Gasteiger partial charge is 0.398 e. The molecule has 7 nitrogen and oxygen atoms in total. The number of aromatic nitrogens is 3. The second-order valence-electron chi connectivity index (χ2n) is 6.18. The van der Waals surface area contributed by atoms with Gasteiger partial charge in [-0.1, -0.05) is 12.1 Å². The molecule has 0 bridgehead atoms. The van der Waals surface area contributed by atoms with Gasteiger partial charge in [-0.05, 0) is 42.7 Å². The molecule has 0 radical (unpaired) electrons. The maximum atomic E-state index is 12.7. The summed E-state index contributed by atoms with van der Waals surface area (Å²) in [6.45, 7) is 0.933. The molecule has 0 aliphatic carbocycles. The molecule has 128 valence electrons. The van der Waals surface area contributed by atoms with E-state index in [0.717, 1.165) is 29.8 Å². The molecule has 25 heavy (non-hydrogen) atoms.